The van der Waals surface area contributed by atoms with Gasteiger partial charge in [-0.05, 0) is 12.1 Å². The second-order valence-corrected chi connectivity index (χ2v) is 3.35. The summed E-state index contributed by atoms with van der Waals surface area (Å²) in [6, 6.07) is 2.90. The summed E-state index contributed by atoms with van der Waals surface area (Å²) in [6.07, 6.45) is 1.43. The van der Waals surface area contributed by atoms with Crippen molar-refractivity contribution in [3.05, 3.63) is 23.9 Å². The molecule has 2 N–H and O–H groups in total. The number of anilines is 1. The van der Waals surface area contributed by atoms with Gasteiger partial charge in [-0.2, -0.15) is 0 Å². The number of aromatic nitrogens is 1. The zero-order chi connectivity index (χ0) is 11.4. The van der Waals surface area contributed by atoms with E-state index in [4.69, 9.17) is 5.11 Å². The number of hydrogen-bond acceptors (Lipinski definition) is 3. The fraction of sp³-hybridized carbons (Fsp3) is 0.300. The van der Waals surface area contributed by atoms with Crippen LogP contribution in [-0.4, -0.2) is 22.0 Å². The van der Waals surface area contributed by atoms with Crippen molar-refractivity contribution < 1.29 is 14.7 Å². The number of rotatable bonds is 3. The Hall–Kier alpha value is -1.91. The summed E-state index contributed by atoms with van der Waals surface area (Å²) in [5.74, 6) is -1.49. The zero-order valence-electron chi connectivity index (χ0n) is 8.52. The van der Waals surface area contributed by atoms with Crippen molar-refractivity contribution >= 4 is 17.7 Å². The van der Waals surface area contributed by atoms with E-state index in [2.05, 4.69) is 10.3 Å². The van der Waals surface area contributed by atoms with E-state index in [0.29, 0.717) is 0 Å². The molecule has 80 valence electrons. The van der Waals surface area contributed by atoms with Gasteiger partial charge in [-0.3, -0.25) is 4.79 Å². The maximum Gasteiger partial charge on any atom is 0.339 e. The summed E-state index contributed by atoms with van der Waals surface area (Å²) in [5.41, 5.74) is -0.00787. The molecule has 0 saturated heterocycles. The normalized spacial score (nSPS) is 10.1. The van der Waals surface area contributed by atoms with Gasteiger partial charge >= 0.3 is 5.97 Å². The van der Waals surface area contributed by atoms with Gasteiger partial charge in [0.05, 0.1) is 0 Å². The van der Waals surface area contributed by atoms with Gasteiger partial charge in [0.1, 0.15) is 11.4 Å². The highest BCUT2D eigenvalue weighted by Gasteiger charge is 2.14. The molecule has 1 aromatic heterocycles. The van der Waals surface area contributed by atoms with Crippen LogP contribution in [0.15, 0.2) is 18.3 Å². The SMILES string of the molecule is CC(C)C(=O)Nc1ncccc1C(=O)O. The number of carboxylic acid groups (broad SMARTS) is 1. The van der Waals surface area contributed by atoms with Crippen LogP contribution in [-0.2, 0) is 4.79 Å². The first kappa shape index (κ1) is 11.2. The van der Waals surface area contributed by atoms with Crippen molar-refractivity contribution in [3.63, 3.8) is 0 Å². The summed E-state index contributed by atoms with van der Waals surface area (Å²) < 4.78 is 0. The van der Waals surface area contributed by atoms with Gasteiger partial charge in [0.2, 0.25) is 5.91 Å². The molecule has 0 aliphatic heterocycles. The van der Waals surface area contributed by atoms with Gasteiger partial charge < -0.3 is 10.4 Å². The smallest absolute Gasteiger partial charge is 0.339 e. The minimum atomic E-state index is -1.11. The van der Waals surface area contributed by atoms with Crippen LogP contribution in [0.3, 0.4) is 0 Å². The number of nitrogens with zero attached hydrogens (tertiary/aromatic N) is 1. The number of carbonyl (C=O) groups excluding carboxylic acids is 1. The molecular formula is C10H12N2O3. The topological polar surface area (TPSA) is 79.3 Å². The maximum atomic E-state index is 11.3. The number of pyridine rings is 1. The molecule has 0 aliphatic rings. The molecule has 1 heterocycles. The number of carboxylic acids is 1. The molecule has 1 aromatic rings. The molecule has 15 heavy (non-hydrogen) atoms. The molecule has 5 nitrogen and oxygen atoms in total. The van der Waals surface area contributed by atoms with Crippen molar-refractivity contribution in [3.8, 4) is 0 Å². The van der Waals surface area contributed by atoms with Crippen molar-refractivity contribution in [2.45, 2.75) is 13.8 Å². The van der Waals surface area contributed by atoms with Gasteiger partial charge in [0.25, 0.3) is 0 Å². The van der Waals surface area contributed by atoms with Crippen LogP contribution >= 0.6 is 0 Å². The molecule has 0 atom stereocenters. The molecule has 0 radical (unpaired) electrons. The Balaban J connectivity index is 2.94. The Morgan fingerprint density at radius 2 is 2.13 bits per heavy atom. The van der Waals surface area contributed by atoms with E-state index in [0.717, 1.165) is 0 Å². The van der Waals surface area contributed by atoms with E-state index < -0.39 is 5.97 Å². The second-order valence-electron chi connectivity index (χ2n) is 3.35. The third kappa shape index (κ3) is 2.77. The Morgan fingerprint density at radius 3 is 2.67 bits per heavy atom. The van der Waals surface area contributed by atoms with Gasteiger partial charge in [-0.1, -0.05) is 13.8 Å². The summed E-state index contributed by atoms with van der Waals surface area (Å²) in [6.45, 7) is 3.44. The molecule has 5 heteroatoms. The van der Waals surface area contributed by atoms with Crippen LogP contribution < -0.4 is 5.32 Å². The Kier molecular flexibility index (Phi) is 3.38. The van der Waals surface area contributed by atoms with Crippen LogP contribution in [0.25, 0.3) is 0 Å². The first-order chi connectivity index (χ1) is 7.02. The number of carbonyl (C=O) groups is 2. The fourth-order valence-corrected chi connectivity index (χ4v) is 0.939. The first-order valence-corrected chi connectivity index (χ1v) is 4.51. The minimum absolute atomic E-state index is 0.00787. The number of amides is 1. The van der Waals surface area contributed by atoms with Crippen molar-refractivity contribution in [1.82, 2.24) is 4.98 Å². The minimum Gasteiger partial charge on any atom is -0.478 e. The third-order valence-corrected chi connectivity index (χ3v) is 1.80. The van der Waals surface area contributed by atoms with Gasteiger partial charge in [0, 0.05) is 12.1 Å². The van der Waals surface area contributed by atoms with Gasteiger partial charge in [-0.25, -0.2) is 9.78 Å². The zero-order valence-corrected chi connectivity index (χ0v) is 8.52. The van der Waals surface area contributed by atoms with Crippen LogP contribution in [0.2, 0.25) is 0 Å². The molecule has 0 aliphatic carbocycles. The third-order valence-electron chi connectivity index (χ3n) is 1.80. The number of hydrogen-bond donors (Lipinski definition) is 2. The highest BCUT2D eigenvalue weighted by molar-refractivity contribution is 5.99. The molecule has 1 amide bonds. The predicted molar refractivity (Wildman–Crippen MR) is 54.7 cm³/mol. The van der Waals surface area contributed by atoms with E-state index in [1.54, 1.807) is 13.8 Å². The Bertz CT molecular complexity index is 388. The Labute approximate surface area is 87.1 Å². The van der Waals surface area contributed by atoms with Crippen molar-refractivity contribution in [1.29, 1.82) is 0 Å². The molecule has 1 rings (SSSR count). The largest absolute Gasteiger partial charge is 0.478 e. The van der Waals surface area contributed by atoms with E-state index in [1.807, 2.05) is 0 Å². The second kappa shape index (κ2) is 4.54. The van der Waals surface area contributed by atoms with Crippen LogP contribution in [0.5, 0.6) is 0 Å². The summed E-state index contributed by atoms with van der Waals surface area (Å²) in [7, 11) is 0. The van der Waals surface area contributed by atoms with Gasteiger partial charge in [-0.15, -0.1) is 0 Å². The quantitative estimate of drug-likeness (QED) is 0.786. The van der Waals surface area contributed by atoms with Crippen molar-refractivity contribution in [2.75, 3.05) is 5.32 Å². The number of nitrogens with one attached hydrogen (secondary N) is 1. The molecule has 0 unspecified atom stereocenters. The molecule has 0 saturated carbocycles. The summed E-state index contributed by atoms with van der Waals surface area (Å²) in [5, 5.41) is 11.3. The lowest BCUT2D eigenvalue weighted by Gasteiger charge is -2.08. The average molecular weight is 208 g/mol. The predicted octanol–water partition coefficient (Wildman–Crippen LogP) is 1.37. The molecule has 0 aromatic carbocycles. The highest BCUT2D eigenvalue weighted by Crippen LogP contribution is 2.12. The molecule has 0 spiro atoms. The highest BCUT2D eigenvalue weighted by atomic mass is 16.4. The fourth-order valence-electron chi connectivity index (χ4n) is 0.939. The maximum absolute atomic E-state index is 11.3. The summed E-state index contributed by atoms with van der Waals surface area (Å²) >= 11 is 0. The van der Waals surface area contributed by atoms with Crippen LogP contribution in [0.1, 0.15) is 24.2 Å². The van der Waals surface area contributed by atoms with E-state index in [-0.39, 0.29) is 23.2 Å². The average Bonchev–Trinajstić information content (AvgIpc) is 2.18. The number of aromatic carboxylic acids is 1. The van der Waals surface area contributed by atoms with Crippen LogP contribution in [0, 0.1) is 5.92 Å². The van der Waals surface area contributed by atoms with Crippen molar-refractivity contribution in [2.24, 2.45) is 5.92 Å². The molecule has 0 bridgehead atoms. The molecule has 0 fully saturated rings. The summed E-state index contributed by atoms with van der Waals surface area (Å²) in [4.78, 5) is 25.9. The van der Waals surface area contributed by atoms with Crippen LogP contribution in [0.4, 0.5) is 5.82 Å². The Morgan fingerprint density at radius 1 is 1.47 bits per heavy atom. The monoisotopic (exact) mass is 208 g/mol. The van der Waals surface area contributed by atoms with E-state index >= 15 is 0 Å². The van der Waals surface area contributed by atoms with Gasteiger partial charge in [0.15, 0.2) is 0 Å². The lowest BCUT2D eigenvalue weighted by atomic mass is 10.2. The lowest BCUT2D eigenvalue weighted by molar-refractivity contribution is -0.118. The first-order valence-electron chi connectivity index (χ1n) is 4.51. The lowest BCUT2D eigenvalue weighted by Crippen LogP contribution is -2.20. The molecular weight excluding hydrogens is 196 g/mol. The van der Waals surface area contributed by atoms with E-state index in [1.165, 1.54) is 18.3 Å². The standard InChI is InChI=1S/C10H12N2O3/c1-6(2)9(13)12-8-7(10(14)15)4-3-5-11-8/h3-6H,1-2H3,(H,14,15)(H,11,12,13). The van der Waals surface area contributed by atoms with E-state index in [9.17, 15) is 9.59 Å².